The van der Waals surface area contributed by atoms with Crippen molar-refractivity contribution < 1.29 is 13.9 Å². The summed E-state index contributed by atoms with van der Waals surface area (Å²) in [5.74, 6) is 1.00. The van der Waals surface area contributed by atoms with Crippen LogP contribution < -0.4 is 5.73 Å². The molecule has 2 N–H and O–H groups in total. The van der Waals surface area contributed by atoms with Crippen LogP contribution in [0.25, 0.3) is 11.3 Å². The fourth-order valence-corrected chi connectivity index (χ4v) is 2.00. The molecule has 1 aromatic carbocycles. The van der Waals surface area contributed by atoms with E-state index in [-0.39, 0.29) is 0 Å². The number of hydrogen-bond donors (Lipinski definition) is 1. The standard InChI is InChI=1S/C16H19NO3/c1-4-9-19-16(18)14-12(7-5-10(2)15(14)17)13-8-6-11(3)20-13/h5-8H,4,9,17H2,1-3H3. The molecule has 0 atom stereocenters. The fraction of sp³-hybridized carbons (Fsp3) is 0.312. The van der Waals surface area contributed by atoms with E-state index in [0.717, 1.165) is 17.7 Å². The van der Waals surface area contributed by atoms with Gasteiger partial charge in [0.1, 0.15) is 11.5 Å². The molecule has 4 nitrogen and oxygen atoms in total. The Balaban J connectivity index is 2.52. The Bertz CT molecular complexity index is 629. The molecule has 4 heteroatoms. The molecule has 0 spiro atoms. The largest absolute Gasteiger partial charge is 0.462 e. The van der Waals surface area contributed by atoms with Crippen LogP contribution in [-0.2, 0) is 4.74 Å². The summed E-state index contributed by atoms with van der Waals surface area (Å²) in [6, 6.07) is 7.40. The number of benzene rings is 1. The van der Waals surface area contributed by atoms with Crippen LogP contribution >= 0.6 is 0 Å². The van der Waals surface area contributed by atoms with Gasteiger partial charge >= 0.3 is 5.97 Å². The molecule has 20 heavy (non-hydrogen) atoms. The summed E-state index contributed by atoms with van der Waals surface area (Å²) in [5.41, 5.74) is 8.40. The van der Waals surface area contributed by atoms with E-state index in [1.807, 2.05) is 45.0 Å². The zero-order chi connectivity index (χ0) is 14.7. The molecule has 0 radical (unpaired) electrons. The molecule has 0 aliphatic heterocycles. The molecule has 2 rings (SSSR count). The molecule has 0 aliphatic carbocycles. The van der Waals surface area contributed by atoms with Gasteiger partial charge in [-0.25, -0.2) is 4.79 Å². The lowest BCUT2D eigenvalue weighted by Gasteiger charge is -2.12. The van der Waals surface area contributed by atoms with E-state index in [1.54, 1.807) is 0 Å². The molecule has 106 valence electrons. The number of carbonyl (C=O) groups excluding carboxylic acids is 1. The van der Waals surface area contributed by atoms with Crippen LogP contribution in [0.4, 0.5) is 5.69 Å². The van der Waals surface area contributed by atoms with Crippen molar-refractivity contribution >= 4 is 11.7 Å². The molecule has 0 saturated heterocycles. The van der Waals surface area contributed by atoms with Crippen molar-refractivity contribution in [2.45, 2.75) is 27.2 Å². The van der Waals surface area contributed by atoms with Crippen LogP contribution in [0.5, 0.6) is 0 Å². The van der Waals surface area contributed by atoms with Crippen LogP contribution in [-0.4, -0.2) is 12.6 Å². The predicted molar refractivity (Wildman–Crippen MR) is 78.6 cm³/mol. The molecule has 2 aromatic rings. The highest BCUT2D eigenvalue weighted by Crippen LogP contribution is 2.31. The first-order chi connectivity index (χ1) is 9.54. The molecule has 1 aromatic heterocycles. The monoisotopic (exact) mass is 273 g/mol. The average molecular weight is 273 g/mol. The van der Waals surface area contributed by atoms with E-state index in [1.165, 1.54) is 0 Å². The third kappa shape index (κ3) is 2.69. The number of carbonyl (C=O) groups is 1. The highest BCUT2D eigenvalue weighted by atomic mass is 16.5. The number of ether oxygens (including phenoxy) is 1. The topological polar surface area (TPSA) is 65.5 Å². The van der Waals surface area contributed by atoms with Crippen LogP contribution in [0.15, 0.2) is 28.7 Å². The second-order valence-corrected chi connectivity index (χ2v) is 4.76. The summed E-state index contributed by atoms with van der Waals surface area (Å²) in [6.07, 6.45) is 0.770. The minimum Gasteiger partial charge on any atom is -0.462 e. The summed E-state index contributed by atoms with van der Waals surface area (Å²) in [6.45, 7) is 6.05. The summed E-state index contributed by atoms with van der Waals surface area (Å²) >= 11 is 0. The zero-order valence-electron chi connectivity index (χ0n) is 12.0. The van der Waals surface area contributed by atoms with Gasteiger partial charge in [0.15, 0.2) is 0 Å². The highest BCUT2D eigenvalue weighted by molar-refractivity contribution is 6.02. The Morgan fingerprint density at radius 2 is 2.00 bits per heavy atom. The number of hydrogen-bond acceptors (Lipinski definition) is 4. The lowest BCUT2D eigenvalue weighted by atomic mass is 10.00. The Kier molecular flexibility index (Phi) is 4.13. The van der Waals surface area contributed by atoms with E-state index in [4.69, 9.17) is 14.9 Å². The zero-order valence-corrected chi connectivity index (χ0v) is 12.0. The second-order valence-electron chi connectivity index (χ2n) is 4.76. The number of rotatable bonds is 4. The first kappa shape index (κ1) is 14.2. The lowest BCUT2D eigenvalue weighted by Crippen LogP contribution is -2.11. The lowest BCUT2D eigenvalue weighted by molar-refractivity contribution is 0.0507. The number of esters is 1. The van der Waals surface area contributed by atoms with Gasteiger partial charge in [-0.1, -0.05) is 13.0 Å². The smallest absolute Gasteiger partial charge is 0.341 e. The van der Waals surface area contributed by atoms with Crippen LogP contribution in [0.3, 0.4) is 0 Å². The fourth-order valence-electron chi connectivity index (χ4n) is 2.00. The number of anilines is 1. The summed E-state index contributed by atoms with van der Waals surface area (Å²) in [4.78, 5) is 12.2. The van der Waals surface area contributed by atoms with Gasteiger partial charge in [0.2, 0.25) is 0 Å². The van der Waals surface area contributed by atoms with Gasteiger partial charge in [-0.2, -0.15) is 0 Å². The number of nitrogen functional groups attached to an aromatic ring is 1. The summed E-state index contributed by atoms with van der Waals surface area (Å²) < 4.78 is 10.8. The van der Waals surface area contributed by atoms with Crippen molar-refractivity contribution in [1.82, 2.24) is 0 Å². The Labute approximate surface area is 118 Å². The van der Waals surface area contributed by atoms with Gasteiger partial charge in [0, 0.05) is 11.3 Å². The van der Waals surface area contributed by atoms with Crippen molar-refractivity contribution in [1.29, 1.82) is 0 Å². The van der Waals surface area contributed by atoms with Gasteiger partial charge in [0.05, 0.1) is 12.2 Å². The minimum absolute atomic E-state index is 0.378. The maximum absolute atomic E-state index is 12.2. The van der Waals surface area contributed by atoms with Crippen molar-refractivity contribution in [2.75, 3.05) is 12.3 Å². The molecule has 1 heterocycles. The maximum Gasteiger partial charge on any atom is 0.341 e. The second kappa shape index (κ2) is 5.82. The van der Waals surface area contributed by atoms with Crippen LogP contribution in [0.1, 0.15) is 35.0 Å². The Morgan fingerprint density at radius 1 is 1.25 bits per heavy atom. The van der Waals surface area contributed by atoms with Crippen molar-refractivity contribution in [3.05, 3.63) is 41.2 Å². The molecular weight excluding hydrogens is 254 g/mol. The number of nitrogens with two attached hydrogens (primary N) is 1. The van der Waals surface area contributed by atoms with Crippen molar-refractivity contribution in [3.8, 4) is 11.3 Å². The highest BCUT2D eigenvalue weighted by Gasteiger charge is 2.20. The van der Waals surface area contributed by atoms with E-state index in [0.29, 0.717) is 29.2 Å². The molecule has 0 bridgehead atoms. The van der Waals surface area contributed by atoms with Crippen molar-refractivity contribution in [3.63, 3.8) is 0 Å². The predicted octanol–water partition coefficient (Wildman–Crippen LogP) is 3.71. The van der Waals surface area contributed by atoms with Gasteiger partial charge in [0.25, 0.3) is 0 Å². The first-order valence-corrected chi connectivity index (χ1v) is 6.67. The Hall–Kier alpha value is -2.23. The van der Waals surface area contributed by atoms with Gasteiger partial charge in [-0.3, -0.25) is 0 Å². The summed E-state index contributed by atoms with van der Waals surface area (Å²) in [7, 11) is 0. The van der Waals surface area contributed by atoms with Crippen LogP contribution in [0, 0.1) is 13.8 Å². The normalized spacial score (nSPS) is 10.6. The van der Waals surface area contributed by atoms with E-state index in [2.05, 4.69) is 0 Å². The minimum atomic E-state index is -0.405. The summed E-state index contributed by atoms with van der Waals surface area (Å²) in [5, 5.41) is 0. The number of furan rings is 1. The van der Waals surface area contributed by atoms with Crippen LogP contribution in [0.2, 0.25) is 0 Å². The molecule has 0 fully saturated rings. The molecule has 0 aliphatic rings. The maximum atomic E-state index is 12.2. The first-order valence-electron chi connectivity index (χ1n) is 6.67. The molecule has 0 amide bonds. The van der Waals surface area contributed by atoms with Crippen molar-refractivity contribution in [2.24, 2.45) is 0 Å². The van der Waals surface area contributed by atoms with Gasteiger partial charge in [-0.05, 0) is 44.0 Å². The van der Waals surface area contributed by atoms with E-state index in [9.17, 15) is 4.79 Å². The molecular formula is C16H19NO3. The van der Waals surface area contributed by atoms with Gasteiger partial charge in [-0.15, -0.1) is 0 Å². The molecule has 0 unspecified atom stereocenters. The van der Waals surface area contributed by atoms with E-state index >= 15 is 0 Å². The quantitative estimate of drug-likeness (QED) is 0.681. The van der Waals surface area contributed by atoms with Gasteiger partial charge < -0.3 is 14.9 Å². The average Bonchev–Trinajstić information content (AvgIpc) is 2.85. The van der Waals surface area contributed by atoms with E-state index < -0.39 is 5.97 Å². The SMILES string of the molecule is CCCOC(=O)c1c(-c2ccc(C)o2)ccc(C)c1N. The third-order valence-electron chi connectivity index (χ3n) is 3.11. The third-order valence-corrected chi connectivity index (χ3v) is 3.11. The molecule has 0 saturated carbocycles. The Morgan fingerprint density at radius 3 is 2.60 bits per heavy atom. The number of aryl methyl sites for hydroxylation is 2.